The van der Waals surface area contributed by atoms with Crippen molar-refractivity contribution in [3.63, 3.8) is 0 Å². The molecular weight excluding hydrogens is 200 g/mol. The van der Waals surface area contributed by atoms with Crippen molar-refractivity contribution in [2.75, 3.05) is 12.8 Å². The molecule has 0 saturated carbocycles. The number of ether oxygens (including phenoxy) is 1. The lowest BCUT2D eigenvalue weighted by Crippen LogP contribution is -2.03. The smallest absolute Gasteiger partial charge is 0.273 e. The minimum Gasteiger partial charge on any atom is -0.494 e. The number of hydrogen-bond acceptors (Lipinski definition) is 5. The summed E-state index contributed by atoms with van der Waals surface area (Å²) in [4.78, 5) is 10.0. The van der Waals surface area contributed by atoms with Crippen molar-refractivity contribution < 1.29 is 14.8 Å². The molecule has 0 aliphatic heterocycles. The van der Waals surface area contributed by atoms with E-state index in [1.807, 2.05) is 0 Å². The SMILES string of the molecule is COc1cc([N+](=O)[O-])cc(C(C)O)c1N. The normalized spacial score (nSPS) is 12.2. The van der Waals surface area contributed by atoms with Crippen molar-refractivity contribution in [1.29, 1.82) is 0 Å². The number of anilines is 1. The van der Waals surface area contributed by atoms with Gasteiger partial charge in [-0.1, -0.05) is 0 Å². The highest BCUT2D eigenvalue weighted by Gasteiger charge is 2.17. The predicted molar refractivity (Wildman–Crippen MR) is 54.7 cm³/mol. The Bertz CT molecular complexity index is 390. The van der Waals surface area contributed by atoms with E-state index >= 15 is 0 Å². The molecule has 3 N–H and O–H groups in total. The van der Waals surface area contributed by atoms with Crippen LogP contribution in [0.1, 0.15) is 18.6 Å². The van der Waals surface area contributed by atoms with E-state index in [4.69, 9.17) is 10.5 Å². The fourth-order valence-corrected chi connectivity index (χ4v) is 1.25. The van der Waals surface area contributed by atoms with Gasteiger partial charge in [-0.3, -0.25) is 10.1 Å². The first-order valence-electron chi connectivity index (χ1n) is 4.27. The number of methoxy groups -OCH3 is 1. The molecule has 6 nitrogen and oxygen atoms in total. The molecule has 1 aromatic rings. The van der Waals surface area contributed by atoms with Crippen LogP contribution in [0.15, 0.2) is 12.1 Å². The number of nitrogen functional groups attached to an aromatic ring is 1. The summed E-state index contributed by atoms with van der Waals surface area (Å²) in [5.41, 5.74) is 6.01. The average molecular weight is 212 g/mol. The fraction of sp³-hybridized carbons (Fsp3) is 0.333. The van der Waals surface area contributed by atoms with Gasteiger partial charge in [0.15, 0.2) is 0 Å². The summed E-state index contributed by atoms with van der Waals surface area (Å²) in [7, 11) is 1.36. The highest BCUT2D eigenvalue weighted by molar-refractivity contribution is 5.64. The third-order valence-corrected chi connectivity index (χ3v) is 2.04. The van der Waals surface area contributed by atoms with Crippen LogP contribution in [-0.2, 0) is 0 Å². The first-order chi connectivity index (χ1) is 6.97. The van der Waals surface area contributed by atoms with Crippen LogP contribution in [0.3, 0.4) is 0 Å². The second kappa shape index (κ2) is 4.14. The van der Waals surface area contributed by atoms with Gasteiger partial charge in [-0.25, -0.2) is 0 Å². The maximum atomic E-state index is 10.6. The van der Waals surface area contributed by atoms with E-state index in [-0.39, 0.29) is 17.1 Å². The lowest BCUT2D eigenvalue weighted by atomic mass is 10.1. The molecule has 0 radical (unpaired) electrons. The van der Waals surface area contributed by atoms with Gasteiger partial charge in [0, 0.05) is 11.6 Å². The zero-order valence-electron chi connectivity index (χ0n) is 8.43. The molecule has 1 unspecified atom stereocenters. The minimum atomic E-state index is -0.876. The Kier molecular flexibility index (Phi) is 3.11. The molecule has 1 aromatic carbocycles. The maximum Gasteiger partial charge on any atom is 0.273 e. The summed E-state index contributed by atoms with van der Waals surface area (Å²) >= 11 is 0. The zero-order valence-corrected chi connectivity index (χ0v) is 8.43. The van der Waals surface area contributed by atoms with Gasteiger partial charge in [0.1, 0.15) is 5.75 Å². The van der Waals surface area contributed by atoms with Crippen LogP contribution >= 0.6 is 0 Å². The number of nitro benzene ring substituents is 1. The van der Waals surface area contributed by atoms with Gasteiger partial charge in [-0.15, -0.1) is 0 Å². The van der Waals surface area contributed by atoms with Crippen LogP contribution in [0, 0.1) is 10.1 Å². The van der Waals surface area contributed by atoms with Gasteiger partial charge in [-0.2, -0.15) is 0 Å². The van der Waals surface area contributed by atoms with Gasteiger partial charge in [0.25, 0.3) is 5.69 Å². The summed E-state index contributed by atoms with van der Waals surface area (Å²) in [5, 5.41) is 20.0. The third-order valence-electron chi connectivity index (χ3n) is 2.04. The van der Waals surface area contributed by atoms with Gasteiger partial charge < -0.3 is 15.6 Å². The maximum absolute atomic E-state index is 10.6. The molecule has 1 atom stereocenters. The van der Waals surface area contributed by atoms with Crippen molar-refractivity contribution in [3.8, 4) is 5.75 Å². The highest BCUT2D eigenvalue weighted by Crippen LogP contribution is 2.34. The lowest BCUT2D eigenvalue weighted by molar-refractivity contribution is -0.385. The van der Waals surface area contributed by atoms with Gasteiger partial charge in [0.05, 0.1) is 29.9 Å². The van der Waals surface area contributed by atoms with E-state index < -0.39 is 11.0 Å². The topological polar surface area (TPSA) is 98.6 Å². The number of rotatable bonds is 3. The standard InChI is InChI=1S/C9H12N2O4/c1-5(12)7-3-6(11(13)14)4-8(15-2)9(7)10/h3-5,12H,10H2,1-2H3. The first-order valence-corrected chi connectivity index (χ1v) is 4.27. The van der Waals surface area contributed by atoms with E-state index in [2.05, 4.69) is 0 Å². The van der Waals surface area contributed by atoms with Crippen molar-refractivity contribution in [1.82, 2.24) is 0 Å². The Morgan fingerprint density at radius 2 is 2.20 bits per heavy atom. The largest absolute Gasteiger partial charge is 0.494 e. The second-order valence-electron chi connectivity index (χ2n) is 3.08. The number of hydrogen-bond donors (Lipinski definition) is 2. The lowest BCUT2D eigenvalue weighted by Gasteiger charge is -2.11. The van der Waals surface area contributed by atoms with Gasteiger partial charge in [-0.05, 0) is 6.92 Å². The molecule has 0 spiro atoms. The molecular formula is C9H12N2O4. The Morgan fingerprint density at radius 3 is 2.60 bits per heavy atom. The molecule has 0 heterocycles. The Morgan fingerprint density at radius 1 is 1.60 bits per heavy atom. The van der Waals surface area contributed by atoms with Crippen molar-refractivity contribution in [2.24, 2.45) is 0 Å². The van der Waals surface area contributed by atoms with Crippen LogP contribution in [0.5, 0.6) is 5.75 Å². The number of nitro groups is 1. The van der Waals surface area contributed by atoms with E-state index in [1.54, 1.807) is 0 Å². The van der Waals surface area contributed by atoms with E-state index in [0.717, 1.165) is 0 Å². The van der Waals surface area contributed by atoms with E-state index in [9.17, 15) is 15.2 Å². The predicted octanol–water partition coefficient (Wildman–Crippen LogP) is 1.24. The second-order valence-corrected chi connectivity index (χ2v) is 3.08. The molecule has 0 fully saturated rings. The van der Waals surface area contributed by atoms with Crippen LogP contribution in [-0.4, -0.2) is 17.1 Å². The van der Waals surface area contributed by atoms with E-state index in [0.29, 0.717) is 5.56 Å². The first kappa shape index (κ1) is 11.3. The van der Waals surface area contributed by atoms with Crippen LogP contribution in [0.4, 0.5) is 11.4 Å². The fourth-order valence-electron chi connectivity index (χ4n) is 1.25. The molecule has 15 heavy (non-hydrogen) atoms. The molecule has 0 aliphatic rings. The summed E-state index contributed by atoms with van der Waals surface area (Å²) < 4.78 is 4.89. The molecule has 0 aromatic heterocycles. The van der Waals surface area contributed by atoms with Gasteiger partial charge in [0.2, 0.25) is 0 Å². The number of non-ortho nitro benzene ring substituents is 1. The molecule has 1 rings (SSSR count). The Balaban J connectivity index is 3.38. The monoisotopic (exact) mass is 212 g/mol. The van der Waals surface area contributed by atoms with Crippen molar-refractivity contribution >= 4 is 11.4 Å². The summed E-state index contributed by atoms with van der Waals surface area (Å²) in [6.45, 7) is 1.48. The van der Waals surface area contributed by atoms with Crippen LogP contribution < -0.4 is 10.5 Å². The summed E-state index contributed by atoms with van der Waals surface area (Å²) in [6.07, 6.45) is -0.876. The number of benzene rings is 1. The molecule has 0 saturated heterocycles. The van der Waals surface area contributed by atoms with Crippen molar-refractivity contribution in [2.45, 2.75) is 13.0 Å². The Labute approximate surface area is 86.4 Å². The van der Waals surface area contributed by atoms with Crippen LogP contribution in [0.25, 0.3) is 0 Å². The minimum absolute atomic E-state index is 0.156. The van der Waals surface area contributed by atoms with Crippen molar-refractivity contribution in [3.05, 3.63) is 27.8 Å². The average Bonchev–Trinajstić information content (AvgIpc) is 2.17. The molecule has 0 aliphatic carbocycles. The summed E-state index contributed by atoms with van der Waals surface area (Å²) in [6, 6.07) is 2.46. The number of nitrogens with two attached hydrogens (primary N) is 1. The molecule has 6 heteroatoms. The zero-order chi connectivity index (χ0) is 11.6. The van der Waals surface area contributed by atoms with Gasteiger partial charge >= 0.3 is 0 Å². The van der Waals surface area contributed by atoms with Crippen LogP contribution in [0.2, 0.25) is 0 Å². The number of aliphatic hydroxyl groups excluding tert-OH is 1. The van der Waals surface area contributed by atoms with E-state index in [1.165, 1.54) is 26.2 Å². The molecule has 0 bridgehead atoms. The summed E-state index contributed by atoms with van der Waals surface area (Å²) in [5.74, 6) is 0.195. The Hall–Kier alpha value is -1.82. The highest BCUT2D eigenvalue weighted by atomic mass is 16.6. The number of aliphatic hydroxyl groups is 1. The number of nitrogens with zero attached hydrogens (tertiary/aromatic N) is 1. The molecule has 0 amide bonds. The molecule has 82 valence electrons. The quantitative estimate of drug-likeness (QED) is 0.446. The third kappa shape index (κ3) is 2.16.